The van der Waals surface area contributed by atoms with Gasteiger partial charge in [0.05, 0.1) is 5.71 Å². The molecule has 0 atom stereocenters. The van der Waals surface area contributed by atoms with E-state index in [-0.39, 0.29) is 0 Å². The molecule has 2 aromatic carbocycles. The van der Waals surface area contributed by atoms with E-state index in [2.05, 4.69) is 18.1 Å². The van der Waals surface area contributed by atoms with Gasteiger partial charge in [0.2, 0.25) is 0 Å². The van der Waals surface area contributed by atoms with Crippen LogP contribution in [0.25, 0.3) is 11.1 Å². The molecular formula is C20H18N2. The van der Waals surface area contributed by atoms with E-state index >= 15 is 0 Å². The minimum Gasteiger partial charge on any atom is -0.326 e. The average Bonchev–Trinajstić information content (AvgIpc) is 2.59. The van der Waals surface area contributed by atoms with Gasteiger partial charge in [-0.25, -0.2) is 0 Å². The summed E-state index contributed by atoms with van der Waals surface area (Å²) in [5.41, 5.74) is 10.0. The van der Waals surface area contributed by atoms with E-state index in [1.54, 1.807) is 18.2 Å². The van der Waals surface area contributed by atoms with Gasteiger partial charge >= 0.3 is 0 Å². The van der Waals surface area contributed by atoms with E-state index in [1.807, 2.05) is 42.5 Å². The Hall–Kier alpha value is -2.89. The van der Waals surface area contributed by atoms with Crippen molar-refractivity contribution in [2.75, 3.05) is 6.54 Å². The van der Waals surface area contributed by atoms with Gasteiger partial charge in [-0.2, -0.15) is 0 Å². The third kappa shape index (κ3) is 3.82. The molecule has 2 heteroatoms. The van der Waals surface area contributed by atoms with Gasteiger partial charge in [-0.15, -0.1) is 6.42 Å². The SMILES string of the molecule is C#C/C=C\C=C(/CN)C(=N)c1ccc(-c2ccccc2)cc1. The molecule has 0 saturated carbocycles. The lowest BCUT2D eigenvalue weighted by atomic mass is 9.98. The summed E-state index contributed by atoms with van der Waals surface area (Å²) in [5.74, 6) is 2.42. The van der Waals surface area contributed by atoms with Crippen LogP contribution in [0.5, 0.6) is 0 Å². The number of terminal acetylenes is 1. The third-order valence-corrected chi connectivity index (χ3v) is 3.31. The first kappa shape index (κ1) is 15.5. The van der Waals surface area contributed by atoms with Crippen LogP contribution in [0.4, 0.5) is 0 Å². The Balaban J connectivity index is 2.23. The zero-order valence-corrected chi connectivity index (χ0v) is 12.3. The van der Waals surface area contributed by atoms with Crippen molar-refractivity contribution in [3.8, 4) is 23.5 Å². The van der Waals surface area contributed by atoms with E-state index in [0.29, 0.717) is 12.3 Å². The summed E-state index contributed by atoms with van der Waals surface area (Å²) < 4.78 is 0. The molecule has 2 aromatic rings. The molecule has 0 bridgehead atoms. The molecule has 0 spiro atoms. The summed E-state index contributed by atoms with van der Waals surface area (Å²) in [6.45, 7) is 0.300. The molecule has 108 valence electrons. The highest BCUT2D eigenvalue weighted by Gasteiger charge is 2.06. The van der Waals surface area contributed by atoms with Gasteiger partial charge in [-0.05, 0) is 28.3 Å². The Bertz CT molecular complexity index is 730. The Morgan fingerprint density at radius 3 is 2.27 bits per heavy atom. The van der Waals surface area contributed by atoms with Gasteiger partial charge in [0.1, 0.15) is 0 Å². The molecule has 0 aliphatic carbocycles. The van der Waals surface area contributed by atoms with Gasteiger partial charge in [-0.1, -0.05) is 72.7 Å². The van der Waals surface area contributed by atoms with Gasteiger partial charge in [0, 0.05) is 6.54 Å². The van der Waals surface area contributed by atoms with E-state index in [1.165, 1.54) is 0 Å². The van der Waals surface area contributed by atoms with Crippen molar-refractivity contribution in [3.05, 3.63) is 84.0 Å². The number of nitrogens with one attached hydrogen (secondary N) is 1. The summed E-state index contributed by atoms with van der Waals surface area (Å²) in [7, 11) is 0. The predicted molar refractivity (Wildman–Crippen MR) is 93.8 cm³/mol. The lowest BCUT2D eigenvalue weighted by molar-refractivity contribution is 1.19. The molecule has 2 rings (SSSR count). The highest BCUT2D eigenvalue weighted by molar-refractivity contribution is 6.11. The van der Waals surface area contributed by atoms with Gasteiger partial charge in [0.15, 0.2) is 0 Å². The molecule has 0 fully saturated rings. The van der Waals surface area contributed by atoms with Crippen LogP contribution in [-0.2, 0) is 0 Å². The number of rotatable bonds is 5. The van der Waals surface area contributed by atoms with E-state index in [4.69, 9.17) is 17.6 Å². The molecule has 0 radical (unpaired) electrons. The van der Waals surface area contributed by atoms with Crippen molar-refractivity contribution in [1.82, 2.24) is 0 Å². The summed E-state index contributed by atoms with van der Waals surface area (Å²) in [4.78, 5) is 0. The third-order valence-electron chi connectivity index (χ3n) is 3.31. The minimum absolute atomic E-state index is 0.300. The molecule has 0 saturated heterocycles. The topological polar surface area (TPSA) is 49.9 Å². The van der Waals surface area contributed by atoms with Crippen molar-refractivity contribution in [3.63, 3.8) is 0 Å². The molecular weight excluding hydrogens is 268 g/mol. The number of nitrogens with two attached hydrogens (primary N) is 1. The number of allylic oxidation sites excluding steroid dienone is 3. The lowest BCUT2D eigenvalue weighted by Gasteiger charge is -2.08. The average molecular weight is 286 g/mol. The number of hydrogen-bond acceptors (Lipinski definition) is 2. The van der Waals surface area contributed by atoms with Crippen LogP contribution in [0.1, 0.15) is 5.56 Å². The first-order chi connectivity index (χ1) is 10.8. The number of benzene rings is 2. The molecule has 0 aromatic heterocycles. The first-order valence-corrected chi connectivity index (χ1v) is 7.03. The van der Waals surface area contributed by atoms with Crippen LogP contribution in [-0.4, -0.2) is 12.3 Å². The quantitative estimate of drug-likeness (QED) is 0.490. The fourth-order valence-electron chi connectivity index (χ4n) is 2.12. The van der Waals surface area contributed by atoms with E-state index < -0.39 is 0 Å². The minimum atomic E-state index is 0.300. The summed E-state index contributed by atoms with van der Waals surface area (Å²) >= 11 is 0. The van der Waals surface area contributed by atoms with E-state index in [0.717, 1.165) is 22.3 Å². The monoisotopic (exact) mass is 286 g/mol. The van der Waals surface area contributed by atoms with Crippen LogP contribution >= 0.6 is 0 Å². The second-order valence-corrected chi connectivity index (χ2v) is 4.74. The standard InChI is InChI=1S/C20H18N2/c1-2-3-5-10-19(15-21)20(22)18-13-11-17(12-14-18)16-8-6-4-7-9-16/h1,3-14,22H,15,21H2/b5-3-,19-10+,22-20?. The van der Waals surface area contributed by atoms with Crippen LogP contribution in [0, 0.1) is 17.8 Å². The van der Waals surface area contributed by atoms with Crippen LogP contribution in [0.3, 0.4) is 0 Å². The maximum absolute atomic E-state index is 8.26. The van der Waals surface area contributed by atoms with Crippen LogP contribution < -0.4 is 5.73 Å². The van der Waals surface area contributed by atoms with Gasteiger partial charge < -0.3 is 5.73 Å². The normalized spacial score (nSPS) is 11.4. The molecule has 0 amide bonds. The molecule has 2 nitrogen and oxygen atoms in total. The van der Waals surface area contributed by atoms with Crippen LogP contribution in [0.15, 0.2) is 78.4 Å². The first-order valence-electron chi connectivity index (χ1n) is 7.03. The zero-order valence-electron chi connectivity index (χ0n) is 12.3. The maximum Gasteiger partial charge on any atom is 0.0657 e. The van der Waals surface area contributed by atoms with Gasteiger partial charge in [-0.3, -0.25) is 5.41 Å². The van der Waals surface area contributed by atoms with Crippen molar-refractivity contribution >= 4 is 5.71 Å². The number of hydrogen-bond donors (Lipinski definition) is 2. The molecule has 0 aliphatic rings. The highest BCUT2D eigenvalue weighted by atomic mass is 14.6. The molecule has 0 unspecified atom stereocenters. The molecule has 3 N–H and O–H groups in total. The molecule has 0 heterocycles. The van der Waals surface area contributed by atoms with Crippen LogP contribution in [0.2, 0.25) is 0 Å². The zero-order chi connectivity index (χ0) is 15.8. The van der Waals surface area contributed by atoms with Crippen molar-refractivity contribution in [2.24, 2.45) is 5.73 Å². The second kappa shape index (κ2) is 7.78. The Morgan fingerprint density at radius 2 is 1.68 bits per heavy atom. The van der Waals surface area contributed by atoms with Crippen molar-refractivity contribution in [2.45, 2.75) is 0 Å². The Labute approximate surface area is 131 Å². The highest BCUT2D eigenvalue weighted by Crippen LogP contribution is 2.20. The van der Waals surface area contributed by atoms with E-state index in [9.17, 15) is 0 Å². The lowest BCUT2D eigenvalue weighted by Crippen LogP contribution is -2.13. The fraction of sp³-hybridized carbons (Fsp3) is 0.0500. The largest absolute Gasteiger partial charge is 0.326 e. The molecule has 22 heavy (non-hydrogen) atoms. The van der Waals surface area contributed by atoms with Crippen molar-refractivity contribution in [1.29, 1.82) is 5.41 Å². The van der Waals surface area contributed by atoms with Crippen molar-refractivity contribution < 1.29 is 0 Å². The molecule has 0 aliphatic heterocycles. The summed E-state index contributed by atoms with van der Waals surface area (Å²) in [6.07, 6.45) is 10.3. The Morgan fingerprint density at radius 1 is 1.05 bits per heavy atom. The second-order valence-electron chi connectivity index (χ2n) is 4.74. The Kier molecular flexibility index (Phi) is 5.48. The van der Waals surface area contributed by atoms with Gasteiger partial charge in [0.25, 0.3) is 0 Å². The maximum atomic E-state index is 8.26. The fourth-order valence-corrected chi connectivity index (χ4v) is 2.12. The smallest absolute Gasteiger partial charge is 0.0657 e. The summed E-state index contributed by atoms with van der Waals surface area (Å²) in [5, 5.41) is 8.26. The predicted octanol–water partition coefficient (Wildman–Crippen LogP) is 3.80. The summed E-state index contributed by atoms with van der Waals surface area (Å²) in [6, 6.07) is 18.1.